The van der Waals surface area contributed by atoms with Crippen LogP contribution in [-0.4, -0.2) is 78.0 Å². The molecule has 6 rings (SSSR count). The summed E-state index contributed by atoms with van der Waals surface area (Å²) >= 11 is 0. The molecule has 0 saturated carbocycles. The van der Waals surface area contributed by atoms with E-state index in [-0.39, 0.29) is 23.9 Å². The lowest BCUT2D eigenvalue weighted by atomic mass is 10.1. The summed E-state index contributed by atoms with van der Waals surface area (Å²) < 4.78 is 0. The van der Waals surface area contributed by atoms with Gasteiger partial charge in [0.2, 0.25) is 17.8 Å². The number of benzene rings is 2. The highest BCUT2D eigenvalue weighted by Crippen LogP contribution is 2.24. The van der Waals surface area contributed by atoms with Crippen molar-refractivity contribution in [2.75, 3.05) is 54.8 Å². The van der Waals surface area contributed by atoms with E-state index in [2.05, 4.69) is 48.3 Å². The summed E-state index contributed by atoms with van der Waals surface area (Å²) in [6, 6.07) is 17.7. The van der Waals surface area contributed by atoms with Crippen LogP contribution in [0, 0.1) is 0 Å². The van der Waals surface area contributed by atoms with Gasteiger partial charge in [-0.05, 0) is 81.2 Å². The van der Waals surface area contributed by atoms with Gasteiger partial charge in [-0.1, -0.05) is 12.1 Å². The topological polar surface area (TPSA) is 115 Å². The smallest absolute Gasteiger partial charge is 0.241 e. The maximum Gasteiger partial charge on any atom is 0.241 e. The van der Waals surface area contributed by atoms with Gasteiger partial charge in [0.15, 0.2) is 0 Å². The molecule has 10 heteroatoms. The average Bonchev–Trinajstić information content (AvgIpc) is 3.74. The van der Waals surface area contributed by atoms with Gasteiger partial charge in [0.25, 0.3) is 0 Å². The van der Waals surface area contributed by atoms with Crippen LogP contribution in [0.15, 0.2) is 60.8 Å². The van der Waals surface area contributed by atoms with Crippen LogP contribution in [0.2, 0.25) is 0 Å². The second kappa shape index (κ2) is 12.0. The van der Waals surface area contributed by atoms with Crippen LogP contribution in [-0.2, 0) is 9.59 Å². The summed E-state index contributed by atoms with van der Waals surface area (Å²) in [5, 5.41) is 12.8. The Morgan fingerprint density at radius 2 is 1.48 bits per heavy atom. The Morgan fingerprint density at radius 1 is 0.800 bits per heavy atom. The minimum absolute atomic E-state index is 0.00343. The highest BCUT2D eigenvalue weighted by atomic mass is 16.2. The number of hydrogen-bond acceptors (Lipinski definition) is 8. The lowest BCUT2D eigenvalue weighted by Crippen LogP contribution is -2.53. The SMILES string of the molecule is O=C(Nc1ccc(-c2ccnc(Nc3ccc(N4CCN(C(=O)[C@H]5CCCN5)CC4)cc3)n2)cc1)[C@H]1CCCN1. The number of amides is 2. The number of carbonyl (C=O) groups excluding carboxylic acids is 2. The molecule has 3 aliphatic heterocycles. The Hall–Kier alpha value is -4.02. The molecule has 208 valence electrons. The summed E-state index contributed by atoms with van der Waals surface area (Å²) in [4.78, 5) is 38.4. The number of nitrogens with one attached hydrogen (secondary N) is 4. The minimum Gasteiger partial charge on any atom is -0.368 e. The van der Waals surface area contributed by atoms with Gasteiger partial charge in [0.1, 0.15) is 0 Å². The number of aromatic nitrogens is 2. The number of hydrogen-bond donors (Lipinski definition) is 4. The maximum absolute atomic E-state index is 12.7. The Kier molecular flexibility index (Phi) is 7.87. The van der Waals surface area contributed by atoms with Gasteiger partial charge in [0.05, 0.1) is 17.8 Å². The lowest BCUT2D eigenvalue weighted by Gasteiger charge is -2.37. The summed E-state index contributed by atoms with van der Waals surface area (Å²) in [5.74, 6) is 0.778. The molecule has 2 atom stereocenters. The Balaban J connectivity index is 1.03. The van der Waals surface area contributed by atoms with Crippen molar-refractivity contribution in [3.63, 3.8) is 0 Å². The third-order valence-electron chi connectivity index (χ3n) is 7.92. The molecule has 10 nitrogen and oxygen atoms in total. The Bertz CT molecular complexity index is 1310. The molecule has 3 aliphatic rings. The van der Waals surface area contributed by atoms with Crippen molar-refractivity contribution in [3.05, 3.63) is 60.8 Å². The normalized spacial score (nSPS) is 20.9. The minimum atomic E-state index is -0.107. The molecule has 3 aromatic rings. The molecular weight excluding hydrogens is 504 g/mol. The van der Waals surface area contributed by atoms with Crippen LogP contribution in [0.3, 0.4) is 0 Å². The van der Waals surface area contributed by atoms with Crippen LogP contribution < -0.4 is 26.2 Å². The van der Waals surface area contributed by atoms with Crippen molar-refractivity contribution in [2.45, 2.75) is 37.8 Å². The van der Waals surface area contributed by atoms with Crippen molar-refractivity contribution in [1.82, 2.24) is 25.5 Å². The zero-order chi connectivity index (χ0) is 27.3. The van der Waals surface area contributed by atoms with E-state index >= 15 is 0 Å². The van der Waals surface area contributed by atoms with E-state index in [1.54, 1.807) is 6.20 Å². The molecule has 0 spiro atoms. The predicted molar refractivity (Wildman–Crippen MR) is 157 cm³/mol. The van der Waals surface area contributed by atoms with E-state index in [1.807, 2.05) is 47.4 Å². The monoisotopic (exact) mass is 540 g/mol. The fraction of sp³-hybridized carbons (Fsp3) is 0.400. The third-order valence-corrected chi connectivity index (χ3v) is 7.92. The molecule has 0 bridgehead atoms. The van der Waals surface area contributed by atoms with Crippen LogP contribution in [0.25, 0.3) is 11.3 Å². The van der Waals surface area contributed by atoms with Gasteiger partial charge < -0.3 is 31.1 Å². The van der Waals surface area contributed by atoms with E-state index in [0.29, 0.717) is 5.95 Å². The zero-order valence-corrected chi connectivity index (χ0v) is 22.6. The largest absolute Gasteiger partial charge is 0.368 e. The maximum atomic E-state index is 12.7. The summed E-state index contributed by atoms with van der Waals surface area (Å²) in [7, 11) is 0. The zero-order valence-electron chi connectivity index (χ0n) is 22.6. The molecule has 0 unspecified atom stereocenters. The van der Waals surface area contributed by atoms with E-state index < -0.39 is 0 Å². The summed E-state index contributed by atoms with van der Waals surface area (Å²) in [5.41, 5.74) is 4.56. The van der Waals surface area contributed by atoms with Gasteiger partial charge in [-0.3, -0.25) is 9.59 Å². The fourth-order valence-electron chi connectivity index (χ4n) is 5.63. The second-order valence-corrected chi connectivity index (χ2v) is 10.6. The Morgan fingerprint density at radius 3 is 2.15 bits per heavy atom. The molecule has 40 heavy (non-hydrogen) atoms. The molecule has 1 aromatic heterocycles. The van der Waals surface area contributed by atoms with E-state index in [4.69, 9.17) is 0 Å². The molecule has 0 aliphatic carbocycles. The molecule has 3 fully saturated rings. The molecule has 4 N–H and O–H groups in total. The van der Waals surface area contributed by atoms with Crippen LogP contribution >= 0.6 is 0 Å². The van der Waals surface area contributed by atoms with Gasteiger partial charge >= 0.3 is 0 Å². The fourth-order valence-corrected chi connectivity index (χ4v) is 5.63. The van der Waals surface area contributed by atoms with Crippen molar-refractivity contribution in [1.29, 1.82) is 0 Å². The van der Waals surface area contributed by atoms with E-state index in [0.717, 1.165) is 93.3 Å². The van der Waals surface area contributed by atoms with Crippen molar-refractivity contribution >= 4 is 34.8 Å². The van der Waals surface area contributed by atoms with Crippen molar-refractivity contribution in [3.8, 4) is 11.3 Å². The molecule has 3 saturated heterocycles. The van der Waals surface area contributed by atoms with Gasteiger partial charge in [-0.2, -0.15) is 0 Å². The summed E-state index contributed by atoms with van der Waals surface area (Å²) in [6.07, 6.45) is 5.68. The summed E-state index contributed by atoms with van der Waals surface area (Å²) in [6.45, 7) is 5.00. The molecule has 0 radical (unpaired) electrons. The first-order valence-electron chi connectivity index (χ1n) is 14.2. The first-order valence-corrected chi connectivity index (χ1v) is 14.2. The third kappa shape index (κ3) is 6.08. The van der Waals surface area contributed by atoms with Gasteiger partial charge in [-0.15, -0.1) is 0 Å². The van der Waals surface area contributed by atoms with Crippen LogP contribution in [0.4, 0.5) is 23.0 Å². The van der Waals surface area contributed by atoms with E-state index in [9.17, 15) is 9.59 Å². The lowest BCUT2D eigenvalue weighted by molar-refractivity contribution is -0.133. The molecule has 2 amide bonds. The number of carbonyl (C=O) groups is 2. The van der Waals surface area contributed by atoms with E-state index in [1.165, 1.54) is 0 Å². The Labute approximate surface area is 234 Å². The van der Waals surface area contributed by atoms with Crippen molar-refractivity contribution < 1.29 is 9.59 Å². The van der Waals surface area contributed by atoms with Crippen LogP contribution in [0.1, 0.15) is 25.7 Å². The van der Waals surface area contributed by atoms with Crippen LogP contribution in [0.5, 0.6) is 0 Å². The number of rotatable bonds is 7. The highest BCUT2D eigenvalue weighted by Gasteiger charge is 2.29. The van der Waals surface area contributed by atoms with Gasteiger partial charge in [-0.25, -0.2) is 9.97 Å². The number of nitrogens with zero attached hydrogens (tertiary/aromatic N) is 4. The van der Waals surface area contributed by atoms with Crippen molar-refractivity contribution in [2.24, 2.45) is 0 Å². The standard InChI is InChI=1S/C30H36N8O2/c39-28(26-3-1-14-31-26)34-22-7-5-21(6-8-22)25-13-16-33-30(36-25)35-23-9-11-24(12-10-23)37-17-19-38(20-18-37)29(40)27-4-2-15-32-27/h5-13,16,26-27,31-32H,1-4,14-15,17-20H2,(H,34,39)(H,33,35,36)/t26-,27-/m1/s1. The second-order valence-electron chi connectivity index (χ2n) is 10.6. The molecular formula is C30H36N8O2. The molecule has 2 aromatic carbocycles. The first-order chi connectivity index (χ1) is 19.6. The predicted octanol–water partition coefficient (Wildman–Crippen LogP) is 2.98. The van der Waals surface area contributed by atoms with Gasteiger partial charge in [0, 0.05) is 55.0 Å². The quantitative estimate of drug-likeness (QED) is 0.362. The number of anilines is 4. The average molecular weight is 541 g/mol. The highest BCUT2D eigenvalue weighted by molar-refractivity contribution is 5.95. The molecule has 4 heterocycles. The first kappa shape index (κ1) is 26.2. The number of piperazine rings is 1.